The van der Waals surface area contributed by atoms with Crippen molar-refractivity contribution in [3.8, 4) is 0 Å². The van der Waals surface area contributed by atoms with Gasteiger partial charge in [0.15, 0.2) is 0 Å². The zero-order valence-electron chi connectivity index (χ0n) is 14.0. The van der Waals surface area contributed by atoms with Gasteiger partial charge in [0.2, 0.25) is 0 Å². The molecule has 0 fully saturated rings. The quantitative estimate of drug-likeness (QED) is 0.564. The minimum Gasteiger partial charge on any atom is -0.422 e. The van der Waals surface area contributed by atoms with Gasteiger partial charge in [0.05, 0.1) is 10.9 Å². The molecular formula is C20H15FN2O3. The van der Waals surface area contributed by atoms with E-state index in [0.29, 0.717) is 34.4 Å². The first-order valence-electron chi connectivity index (χ1n) is 8.20. The zero-order chi connectivity index (χ0) is 18.3. The second-order valence-corrected chi connectivity index (χ2v) is 5.88. The van der Waals surface area contributed by atoms with Crippen molar-refractivity contribution in [2.75, 3.05) is 5.32 Å². The molecule has 2 heterocycles. The number of hydrogen-bond donors (Lipinski definition) is 1. The van der Waals surface area contributed by atoms with Crippen molar-refractivity contribution in [1.29, 1.82) is 0 Å². The fraction of sp³-hybridized carbons (Fsp3) is 0.100. The number of nitrogens with zero attached hydrogens (tertiary/aromatic N) is 1. The molecule has 0 radical (unpaired) electrons. The van der Waals surface area contributed by atoms with E-state index in [1.54, 1.807) is 16.7 Å². The highest BCUT2D eigenvalue weighted by atomic mass is 19.1. The summed E-state index contributed by atoms with van der Waals surface area (Å²) >= 11 is 0. The normalized spacial score (nSPS) is 11.2. The Bertz CT molecular complexity index is 1190. The first kappa shape index (κ1) is 16.1. The number of hydrogen-bond acceptors (Lipinski definition) is 3. The summed E-state index contributed by atoms with van der Waals surface area (Å²) in [6.45, 7) is 2.40. The maximum Gasteiger partial charge on any atom is 0.345 e. The second kappa shape index (κ2) is 6.15. The second-order valence-electron chi connectivity index (χ2n) is 5.88. The highest BCUT2D eigenvalue weighted by Gasteiger charge is 2.19. The number of fused-ring (bicyclic) bond motifs is 3. The van der Waals surface area contributed by atoms with Crippen LogP contribution in [0.5, 0.6) is 0 Å². The number of carbonyl (C=O) groups excluding carboxylic acids is 1. The summed E-state index contributed by atoms with van der Waals surface area (Å²) in [7, 11) is 0. The number of para-hydroxylation sites is 1. The third kappa shape index (κ3) is 2.56. The molecule has 130 valence electrons. The molecule has 26 heavy (non-hydrogen) atoms. The highest BCUT2D eigenvalue weighted by molar-refractivity contribution is 6.10. The molecule has 1 N–H and O–H groups in total. The molecule has 0 saturated carbocycles. The summed E-state index contributed by atoms with van der Waals surface area (Å²) in [4.78, 5) is 25.1. The fourth-order valence-corrected chi connectivity index (χ4v) is 3.15. The van der Waals surface area contributed by atoms with Crippen LogP contribution in [0.25, 0.3) is 21.9 Å². The highest BCUT2D eigenvalue weighted by Crippen LogP contribution is 2.26. The Kier molecular flexibility index (Phi) is 3.80. The van der Waals surface area contributed by atoms with Crippen LogP contribution in [0.3, 0.4) is 0 Å². The van der Waals surface area contributed by atoms with Gasteiger partial charge in [-0.1, -0.05) is 12.1 Å². The van der Waals surface area contributed by atoms with Gasteiger partial charge in [-0.25, -0.2) is 9.18 Å². The smallest absolute Gasteiger partial charge is 0.345 e. The van der Waals surface area contributed by atoms with E-state index < -0.39 is 5.63 Å². The molecular weight excluding hydrogens is 335 g/mol. The molecule has 0 atom stereocenters. The van der Waals surface area contributed by atoms with Crippen LogP contribution in [0.4, 0.5) is 10.1 Å². The van der Waals surface area contributed by atoms with Crippen molar-refractivity contribution in [1.82, 2.24) is 4.57 Å². The lowest BCUT2D eigenvalue weighted by molar-refractivity contribution is 0.101. The monoisotopic (exact) mass is 350 g/mol. The summed E-state index contributed by atoms with van der Waals surface area (Å²) < 4.78 is 20.2. The molecule has 0 spiro atoms. The van der Waals surface area contributed by atoms with Crippen LogP contribution in [0.2, 0.25) is 0 Å². The molecule has 2 aromatic carbocycles. The molecule has 6 heteroatoms. The molecule has 0 saturated heterocycles. The molecule has 0 bridgehead atoms. The van der Waals surface area contributed by atoms with Crippen LogP contribution in [-0.4, -0.2) is 10.5 Å². The van der Waals surface area contributed by atoms with E-state index in [1.807, 2.05) is 19.1 Å². The predicted molar refractivity (Wildman–Crippen MR) is 98.0 cm³/mol. The van der Waals surface area contributed by atoms with Crippen LogP contribution in [0.15, 0.2) is 63.8 Å². The molecule has 0 unspecified atom stereocenters. The van der Waals surface area contributed by atoms with Gasteiger partial charge in [0, 0.05) is 17.6 Å². The van der Waals surface area contributed by atoms with Crippen LogP contribution < -0.4 is 10.9 Å². The van der Waals surface area contributed by atoms with Crippen molar-refractivity contribution < 1.29 is 13.6 Å². The average Bonchev–Trinajstić information content (AvgIpc) is 3.04. The Hall–Kier alpha value is -3.41. The number of anilines is 1. The average molecular weight is 350 g/mol. The van der Waals surface area contributed by atoms with Crippen LogP contribution in [0, 0.1) is 5.82 Å². The molecule has 0 aliphatic carbocycles. The maximum atomic E-state index is 13.0. The Morgan fingerprint density at radius 1 is 1.12 bits per heavy atom. The van der Waals surface area contributed by atoms with E-state index in [2.05, 4.69) is 5.32 Å². The topological polar surface area (TPSA) is 64.2 Å². The van der Waals surface area contributed by atoms with Crippen LogP contribution in [0.1, 0.15) is 17.4 Å². The lowest BCUT2D eigenvalue weighted by Crippen LogP contribution is -2.16. The molecule has 0 aliphatic rings. The molecule has 4 rings (SSSR count). The number of halogens is 1. The minimum absolute atomic E-state index is 0.343. The zero-order valence-corrected chi connectivity index (χ0v) is 14.0. The lowest BCUT2D eigenvalue weighted by atomic mass is 10.2. The Labute approximate surface area is 147 Å². The van der Waals surface area contributed by atoms with E-state index in [4.69, 9.17) is 4.42 Å². The Balaban J connectivity index is 1.88. The van der Waals surface area contributed by atoms with Gasteiger partial charge in [0.25, 0.3) is 5.91 Å². The van der Waals surface area contributed by atoms with E-state index in [9.17, 15) is 14.0 Å². The van der Waals surface area contributed by atoms with Gasteiger partial charge in [-0.15, -0.1) is 0 Å². The SMILES string of the molecule is CCn1c(C(=O)Nc2ccc(F)cc2)cc2c(=O)oc3ccccc3c21. The van der Waals surface area contributed by atoms with Crippen LogP contribution in [-0.2, 0) is 6.54 Å². The molecule has 5 nitrogen and oxygen atoms in total. The molecule has 2 aromatic heterocycles. The standard InChI is InChI=1S/C20H15FN2O3/c1-2-23-16(19(24)22-13-9-7-12(21)8-10-13)11-15-18(23)14-5-3-4-6-17(14)26-20(15)25/h3-11H,2H2,1H3,(H,22,24). The number of rotatable bonds is 3. The first-order chi connectivity index (χ1) is 12.6. The maximum absolute atomic E-state index is 13.0. The van der Waals surface area contributed by atoms with E-state index >= 15 is 0 Å². The number of benzene rings is 2. The third-order valence-corrected chi connectivity index (χ3v) is 4.31. The number of aryl methyl sites for hydroxylation is 1. The van der Waals surface area contributed by atoms with Crippen LogP contribution >= 0.6 is 0 Å². The summed E-state index contributed by atoms with van der Waals surface area (Å²) in [5.41, 5.74) is 1.48. The van der Waals surface area contributed by atoms with Gasteiger partial charge in [-0.3, -0.25) is 4.79 Å². The summed E-state index contributed by atoms with van der Waals surface area (Å²) in [6, 6.07) is 14.3. The Morgan fingerprint density at radius 3 is 2.58 bits per heavy atom. The summed E-state index contributed by atoms with van der Waals surface area (Å²) in [5, 5.41) is 3.85. The Morgan fingerprint density at radius 2 is 1.85 bits per heavy atom. The summed E-state index contributed by atoms with van der Waals surface area (Å²) in [5.74, 6) is -0.757. The number of amides is 1. The van der Waals surface area contributed by atoms with E-state index in [0.717, 1.165) is 5.39 Å². The lowest BCUT2D eigenvalue weighted by Gasteiger charge is -2.10. The van der Waals surface area contributed by atoms with Crippen molar-refractivity contribution in [3.05, 3.63) is 76.5 Å². The first-order valence-corrected chi connectivity index (χ1v) is 8.20. The fourth-order valence-electron chi connectivity index (χ4n) is 3.15. The van der Waals surface area contributed by atoms with Crippen molar-refractivity contribution in [2.24, 2.45) is 0 Å². The molecule has 4 aromatic rings. The number of nitrogens with one attached hydrogen (secondary N) is 1. The van der Waals surface area contributed by atoms with Gasteiger partial charge in [0.1, 0.15) is 17.1 Å². The van der Waals surface area contributed by atoms with Gasteiger partial charge < -0.3 is 14.3 Å². The predicted octanol–water partition coefficient (Wildman–Crippen LogP) is 4.16. The summed E-state index contributed by atoms with van der Waals surface area (Å²) in [6.07, 6.45) is 0. The van der Waals surface area contributed by atoms with Gasteiger partial charge >= 0.3 is 5.63 Å². The number of aromatic nitrogens is 1. The molecule has 0 aliphatic heterocycles. The van der Waals surface area contributed by atoms with Crippen molar-refractivity contribution in [2.45, 2.75) is 13.5 Å². The largest absolute Gasteiger partial charge is 0.422 e. The molecule has 1 amide bonds. The van der Waals surface area contributed by atoms with Crippen molar-refractivity contribution in [3.63, 3.8) is 0 Å². The van der Waals surface area contributed by atoms with E-state index in [1.165, 1.54) is 30.3 Å². The minimum atomic E-state index is -0.485. The van der Waals surface area contributed by atoms with Crippen molar-refractivity contribution >= 4 is 33.5 Å². The van der Waals surface area contributed by atoms with Gasteiger partial charge in [-0.05, 0) is 49.4 Å². The van der Waals surface area contributed by atoms with E-state index in [-0.39, 0.29) is 11.7 Å². The van der Waals surface area contributed by atoms with Gasteiger partial charge in [-0.2, -0.15) is 0 Å². The third-order valence-electron chi connectivity index (χ3n) is 4.31. The number of carbonyl (C=O) groups is 1.